The first-order valence-corrected chi connectivity index (χ1v) is 8.23. The second kappa shape index (κ2) is 7.37. The van der Waals surface area contributed by atoms with E-state index in [1.807, 2.05) is 0 Å². The largest absolute Gasteiger partial charge is 0.482 e. The van der Waals surface area contributed by atoms with Gasteiger partial charge in [-0.1, -0.05) is 20.4 Å². The third-order valence-electron chi connectivity index (χ3n) is 2.94. The topological polar surface area (TPSA) is 89.8 Å². The maximum absolute atomic E-state index is 12.4. The van der Waals surface area contributed by atoms with Crippen LogP contribution in [-0.2, 0) is 10.0 Å². The van der Waals surface area contributed by atoms with Crippen LogP contribution in [0.3, 0.4) is 0 Å². The lowest BCUT2D eigenvalue weighted by atomic mass is 10.3. The molecular formula is C14H20N2O5S. The van der Waals surface area contributed by atoms with Crippen molar-refractivity contribution in [2.45, 2.75) is 25.7 Å². The summed E-state index contributed by atoms with van der Waals surface area (Å²) in [4.78, 5) is 10.4. The first-order chi connectivity index (χ1) is 10.2. The van der Waals surface area contributed by atoms with Crippen LogP contribution in [0.5, 0.6) is 5.75 Å². The summed E-state index contributed by atoms with van der Waals surface area (Å²) in [5.74, 6) is 0.0199. The summed E-state index contributed by atoms with van der Waals surface area (Å²) in [6.07, 6.45) is 0. The molecule has 0 spiro atoms. The number of benzene rings is 1. The average Bonchev–Trinajstić information content (AvgIpc) is 2.45. The molecule has 1 rings (SSSR count). The SMILES string of the molecule is C=C(C)COc1ccc(S(=O)(=O)N(CC)CC)cc1[N+](=O)[O-]. The van der Waals surface area contributed by atoms with Crippen LogP contribution in [0.2, 0.25) is 0 Å². The lowest BCUT2D eigenvalue weighted by Gasteiger charge is -2.18. The molecule has 0 saturated heterocycles. The molecule has 0 fully saturated rings. The van der Waals surface area contributed by atoms with Gasteiger partial charge in [0.2, 0.25) is 10.0 Å². The minimum Gasteiger partial charge on any atom is -0.482 e. The van der Waals surface area contributed by atoms with E-state index in [0.29, 0.717) is 18.7 Å². The van der Waals surface area contributed by atoms with Gasteiger partial charge in [0.15, 0.2) is 5.75 Å². The number of hydrogen-bond acceptors (Lipinski definition) is 5. The minimum atomic E-state index is -3.75. The van der Waals surface area contributed by atoms with E-state index < -0.39 is 14.9 Å². The van der Waals surface area contributed by atoms with Crippen molar-refractivity contribution in [2.24, 2.45) is 0 Å². The van der Waals surface area contributed by atoms with Crippen LogP contribution < -0.4 is 4.74 Å². The van der Waals surface area contributed by atoms with Crippen molar-refractivity contribution < 1.29 is 18.1 Å². The van der Waals surface area contributed by atoms with Crippen molar-refractivity contribution in [3.8, 4) is 5.75 Å². The molecule has 0 bridgehead atoms. The predicted molar refractivity (Wildman–Crippen MR) is 83.5 cm³/mol. The first-order valence-electron chi connectivity index (χ1n) is 6.79. The van der Waals surface area contributed by atoms with Crippen LogP contribution in [0.4, 0.5) is 5.69 Å². The number of nitro benzene ring substituents is 1. The van der Waals surface area contributed by atoms with Crippen molar-refractivity contribution in [3.05, 3.63) is 40.5 Å². The molecule has 0 unspecified atom stereocenters. The third-order valence-corrected chi connectivity index (χ3v) is 4.99. The molecule has 122 valence electrons. The van der Waals surface area contributed by atoms with Gasteiger partial charge < -0.3 is 4.74 Å². The lowest BCUT2D eigenvalue weighted by molar-refractivity contribution is -0.386. The number of ether oxygens (including phenoxy) is 1. The second-order valence-electron chi connectivity index (χ2n) is 4.72. The summed E-state index contributed by atoms with van der Waals surface area (Å²) < 4.78 is 31.3. The average molecular weight is 328 g/mol. The summed E-state index contributed by atoms with van der Waals surface area (Å²) in [6, 6.07) is 3.65. The zero-order valence-electron chi connectivity index (χ0n) is 12.9. The van der Waals surface area contributed by atoms with Crippen molar-refractivity contribution in [3.63, 3.8) is 0 Å². The summed E-state index contributed by atoms with van der Waals surface area (Å²) in [5, 5.41) is 11.1. The fourth-order valence-electron chi connectivity index (χ4n) is 1.84. The molecule has 0 aliphatic heterocycles. The maximum Gasteiger partial charge on any atom is 0.312 e. The van der Waals surface area contributed by atoms with E-state index in [0.717, 1.165) is 6.07 Å². The summed E-state index contributed by atoms with van der Waals surface area (Å²) in [5.41, 5.74) is 0.323. The number of rotatable bonds is 8. The van der Waals surface area contributed by atoms with Crippen molar-refractivity contribution >= 4 is 15.7 Å². The molecule has 0 aliphatic carbocycles. The molecule has 0 heterocycles. The number of sulfonamides is 1. The summed E-state index contributed by atoms with van der Waals surface area (Å²) in [7, 11) is -3.75. The van der Waals surface area contributed by atoms with E-state index in [2.05, 4.69) is 6.58 Å². The molecule has 0 N–H and O–H groups in total. The predicted octanol–water partition coefficient (Wildman–Crippen LogP) is 2.58. The Balaban J connectivity index is 3.28. The molecule has 7 nitrogen and oxygen atoms in total. The number of hydrogen-bond donors (Lipinski definition) is 0. The lowest BCUT2D eigenvalue weighted by Crippen LogP contribution is -2.30. The Kier molecular flexibility index (Phi) is 6.07. The summed E-state index contributed by atoms with van der Waals surface area (Å²) in [6.45, 7) is 9.51. The monoisotopic (exact) mass is 328 g/mol. The zero-order chi connectivity index (χ0) is 16.9. The smallest absolute Gasteiger partial charge is 0.312 e. The Morgan fingerprint density at radius 1 is 1.36 bits per heavy atom. The van der Waals surface area contributed by atoms with E-state index >= 15 is 0 Å². The fraction of sp³-hybridized carbons (Fsp3) is 0.429. The van der Waals surface area contributed by atoms with Gasteiger partial charge in [-0.05, 0) is 24.6 Å². The maximum atomic E-state index is 12.4. The molecule has 0 radical (unpaired) electrons. The molecule has 22 heavy (non-hydrogen) atoms. The Morgan fingerprint density at radius 3 is 2.41 bits per heavy atom. The molecule has 0 saturated carbocycles. The molecular weight excluding hydrogens is 308 g/mol. The number of nitro groups is 1. The molecule has 0 aliphatic rings. The Hall–Kier alpha value is -1.93. The normalized spacial score (nSPS) is 11.5. The molecule has 1 aromatic carbocycles. The molecule has 8 heteroatoms. The second-order valence-corrected chi connectivity index (χ2v) is 6.66. The van der Waals surface area contributed by atoms with Gasteiger partial charge in [-0.15, -0.1) is 0 Å². The van der Waals surface area contributed by atoms with Gasteiger partial charge in [-0.25, -0.2) is 8.42 Å². The van der Waals surface area contributed by atoms with Gasteiger partial charge in [0.25, 0.3) is 0 Å². The number of nitrogens with zero attached hydrogens (tertiary/aromatic N) is 2. The zero-order valence-corrected chi connectivity index (χ0v) is 13.7. The highest BCUT2D eigenvalue weighted by Gasteiger charge is 2.26. The van der Waals surface area contributed by atoms with Crippen molar-refractivity contribution in [2.75, 3.05) is 19.7 Å². The van der Waals surface area contributed by atoms with E-state index in [-0.39, 0.29) is 22.9 Å². The van der Waals surface area contributed by atoms with E-state index in [9.17, 15) is 18.5 Å². The first kappa shape index (κ1) is 18.1. The van der Waals surface area contributed by atoms with Gasteiger partial charge in [-0.3, -0.25) is 10.1 Å². The Bertz CT molecular complexity index is 666. The quantitative estimate of drug-likeness (QED) is 0.415. The van der Waals surface area contributed by atoms with E-state index in [1.54, 1.807) is 20.8 Å². The van der Waals surface area contributed by atoms with Crippen LogP contribution in [0.15, 0.2) is 35.2 Å². The molecule has 0 amide bonds. The third kappa shape index (κ3) is 4.05. The fourth-order valence-corrected chi connectivity index (χ4v) is 3.31. The highest BCUT2D eigenvalue weighted by atomic mass is 32.2. The highest BCUT2D eigenvalue weighted by Crippen LogP contribution is 2.31. The van der Waals surface area contributed by atoms with Crippen LogP contribution in [0.25, 0.3) is 0 Å². The van der Waals surface area contributed by atoms with E-state index in [4.69, 9.17) is 4.74 Å². The van der Waals surface area contributed by atoms with Gasteiger partial charge >= 0.3 is 5.69 Å². The molecule has 0 atom stereocenters. The molecule has 0 aromatic heterocycles. The minimum absolute atomic E-state index is 0.0199. The van der Waals surface area contributed by atoms with Crippen molar-refractivity contribution in [1.82, 2.24) is 4.31 Å². The Morgan fingerprint density at radius 2 is 1.95 bits per heavy atom. The summed E-state index contributed by atoms with van der Waals surface area (Å²) >= 11 is 0. The van der Waals surface area contributed by atoms with Gasteiger partial charge in [-0.2, -0.15) is 4.31 Å². The van der Waals surface area contributed by atoms with Gasteiger partial charge in [0, 0.05) is 19.2 Å². The van der Waals surface area contributed by atoms with Gasteiger partial charge in [0.05, 0.1) is 9.82 Å². The standard InChI is InChI=1S/C14H20N2O5S/c1-5-15(6-2)22(19,20)12-7-8-14(21-10-11(3)4)13(9-12)16(17)18/h7-9H,3,5-6,10H2,1-2,4H3. The van der Waals surface area contributed by atoms with E-state index in [1.165, 1.54) is 16.4 Å². The van der Waals surface area contributed by atoms with Gasteiger partial charge in [0.1, 0.15) is 6.61 Å². The van der Waals surface area contributed by atoms with Crippen LogP contribution in [0.1, 0.15) is 20.8 Å². The van der Waals surface area contributed by atoms with Crippen LogP contribution in [-0.4, -0.2) is 37.3 Å². The highest BCUT2D eigenvalue weighted by molar-refractivity contribution is 7.89. The Labute approximate surface area is 130 Å². The molecule has 1 aromatic rings. The van der Waals surface area contributed by atoms with Crippen molar-refractivity contribution in [1.29, 1.82) is 0 Å². The van der Waals surface area contributed by atoms with Crippen LogP contribution in [0, 0.1) is 10.1 Å². The van der Waals surface area contributed by atoms with Crippen LogP contribution >= 0.6 is 0 Å².